The molecule has 0 bridgehead atoms. The van der Waals surface area contributed by atoms with Gasteiger partial charge in [-0.25, -0.2) is 0 Å². The van der Waals surface area contributed by atoms with Crippen LogP contribution in [-0.4, -0.2) is 40.2 Å². The largest absolute Gasteiger partial charge is 0.378 e. The highest BCUT2D eigenvalue weighted by Gasteiger charge is 2.06. The second-order valence-electron chi connectivity index (χ2n) is 6.15. The molecule has 0 spiro atoms. The molecular weight excluding hydrogens is 316 g/mol. The number of nitrogens with zero attached hydrogens (tertiary/aromatic N) is 2. The summed E-state index contributed by atoms with van der Waals surface area (Å²) in [6.07, 6.45) is 0.981. The van der Waals surface area contributed by atoms with Gasteiger partial charge in [-0.05, 0) is 52.4 Å². The Labute approximate surface area is 149 Å². The third kappa shape index (κ3) is 5.57. The van der Waals surface area contributed by atoms with Gasteiger partial charge in [0.25, 0.3) is 0 Å². The van der Waals surface area contributed by atoms with E-state index in [-0.39, 0.29) is 0 Å². The fraction of sp³-hybridized carbons (Fsp3) is 0.421. The summed E-state index contributed by atoms with van der Waals surface area (Å²) in [5, 5.41) is 11.1. The molecule has 0 saturated heterocycles. The van der Waals surface area contributed by atoms with Gasteiger partial charge >= 0.3 is 0 Å². The first-order valence-electron chi connectivity index (χ1n) is 8.33. The van der Waals surface area contributed by atoms with Crippen LogP contribution in [0.1, 0.15) is 24.0 Å². The topological polar surface area (TPSA) is 39.7 Å². The molecule has 1 heterocycles. The fourth-order valence-corrected chi connectivity index (χ4v) is 3.21. The molecule has 0 aliphatic carbocycles. The lowest BCUT2D eigenvalue weighted by molar-refractivity contribution is 0.700. The minimum absolute atomic E-state index is 0.480. The van der Waals surface area contributed by atoms with Crippen molar-refractivity contribution in [3.63, 3.8) is 0 Å². The first-order valence-corrected chi connectivity index (χ1v) is 9.27. The monoisotopic (exact) mass is 344 g/mol. The first kappa shape index (κ1) is 18.3. The number of thiophene rings is 1. The molecule has 2 N–H and O–H groups in total. The molecule has 1 aromatic carbocycles. The van der Waals surface area contributed by atoms with Gasteiger partial charge in [-0.2, -0.15) is 11.3 Å². The Kier molecular flexibility index (Phi) is 7.12. The highest BCUT2D eigenvalue weighted by atomic mass is 32.1. The SMILES string of the molecule is CN=C(NCCc1ccc(N(C)C)cc1)NCC(C)c1ccsc1. The molecule has 2 rings (SSSR count). The molecule has 5 heteroatoms. The Morgan fingerprint density at radius 3 is 2.50 bits per heavy atom. The second kappa shape index (κ2) is 9.33. The number of hydrogen-bond donors (Lipinski definition) is 2. The smallest absolute Gasteiger partial charge is 0.191 e. The van der Waals surface area contributed by atoms with Gasteiger partial charge in [-0.3, -0.25) is 4.99 Å². The maximum atomic E-state index is 4.30. The van der Waals surface area contributed by atoms with E-state index in [0.717, 1.165) is 25.5 Å². The predicted octanol–water partition coefficient (Wildman–Crippen LogP) is 3.33. The highest BCUT2D eigenvalue weighted by molar-refractivity contribution is 7.07. The third-order valence-electron chi connectivity index (χ3n) is 4.07. The van der Waals surface area contributed by atoms with E-state index in [9.17, 15) is 0 Å². The van der Waals surface area contributed by atoms with E-state index >= 15 is 0 Å². The van der Waals surface area contributed by atoms with Gasteiger partial charge in [0.2, 0.25) is 0 Å². The molecular formula is C19H28N4S. The molecule has 0 radical (unpaired) electrons. The van der Waals surface area contributed by atoms with Crippen LogP contribution in [0.2, 0.25) is 0 Å². The molecule has 1 atom stereocenters. The molecule has 1 aromatic heterocycles. The zero-order valence-corrected chi connectivity index (χ0v) is 15.9. The van der Waals surface area contributed by atoms with Crippen molar-refractivity contribution in [3.8, 4) is 0 Å². The summed E-state index contributed by atoms with van der Waals surface area (Å²) in [6, 6.07) is 10.9. The lowest BCUT2D eigenvalue weighted by Gasteiger charge is -2.16. The molecule has 130 valence electrons. The average molecular weight is 345 g/mol. The number of anilines is 1. The number of aliphatic imine (C=N–C) groups is 1. The number of nitrogens with one attached hydrogen (secondary N) is 2. The summed E-state index contributed by atoms with van der Waals surface area (Å²) in [4.78, 5) is 6.41. The summed E-state index contributed by atoms with van der Waals surface area (Å²) in [7, 11) is 5.93. The van der Waals surface area contributed by atoms with Gasteiger partial charge < -0.3 is 15.5 Å². The van der Waals surface area contributed by atoms with E-state index in [0.29, 0.717) is 5.92 Å². The Balaban J connectivity index is 1.73. The van der Waals surface area contributed by atoms with E-state index in [1.807, 2.05) is 7.05 Å². The lowest BCUT2D eigenvalue weighted by Crippen LogP contribution is -2.39. The molecule has 4 nitrogen and oxygen atoms in total. The Bertz CT molecular complexity index is 617. The van der Waals surface area contributed by atoms with Crippen molar-refractivity contribution in [3.05, 3.63) is 52.2 Å². The number of guanidine groups is 1. The predicted molar refractivity (Wildman–Crippen MR) is 107 cm³/mol. The Hall–Kier alpha value is -2.01. The van der Waals surface area contributed by atoms with Crippen molar-refractivity contribution >= 4 is 23.0 Å². The summed E-state index contributed by atoms with van der Waals surface area (Å²) >= 11 is 1.75. The van der Waals surface area contributed by atoms with Crippen LogP contribution in [-0.2, 0) is 6.42 Å². The Morgan fingerprint density at radius 2 is 1.92 bits per heavy atom. The van der Waals surface area contributed by atoms with Crippen LogP contribution in [0, 0.1) is 0 Å². The molecule has 2 aromatic rings. The number of rotatable bonds is 7. The summed E-state index contributed by atoms with van der Waals surface area (Å²) in [6.45, 7) is 3.98. The number of benzene rings is 1. The molecule has 1 unspecified atom stereocenters. The van der Waals surface area contributed by atoms with E-state index < -0.39 is 0 Å². The second-order valence-corrected chi connectivity index (χ2v) is 6.93. The van der Waals surface area contributed by atoms with Crippen molar-refractivity contribution in [2.75, 3.05) is 39.1 Å². The van der Waals surface area contributed by atoms with Gasteiger partial charge in [0.05, 0.1) is 0 Å². The standard InChI is InChI=1S/C19H28N4S/c1-15(17-10-12-24-14-17)13-22-19(20-2)21-11-9-16-5-7-18(8-6-16)23(3)4/h5-8,10,12,14-15H,9,11,13H2,1-4H3,(H2,20,21,22). The van der Waals surface area contributed by atoms with Crippen molar-refractivity contribution in [1.82, 2.24) is 10.6 Å². The fourth-order valence-electron chi connectivity index (χ4n) is 2.43. The van der Waals surface area contributed by atoms with Crippen LogP contribution in [0.15, 0.2) is 46.1 Å². The summed E-state index contributed by atoms with van der Waals surface area (Å²) < 4.78 is 0. The lowest BCUT2D eigenvalue weighted by atomic mass is 10.1. The minimum atomic E-state index is 0.480. The molecule has 0 fully saturated rings. The zero-order valence-electron chi connectivity index (χ0n) is 15.0. The minimum Gasteiger partial charge on any atom is -0.378 e. The van der Waals surface area contributed by atoms with Crippen LogP contribution in [0.3, 0.4) is 0 Å². The number of hydrogen-bond acceptors (Lipinski definition) is 3. The van der Waals surface area contributed by atoms with E-state index in [1.165, 1.54) is 16.8 Å². The quantitative estimate of drug-likeness (QED) is 0.598. The van der Waals surface area contributed by atoms with Crippen molar-refractivity contribution < 1.29 is 0 Å². The van der Waals surface area contributed by atoms with Gasteiger partial charge in [-0.15, -0.1) is 0 Å². The molecule has 0 aliphatic rings. The third-order valence-corrected chi connectivity index (χ3v) is 4.77. The van der Waals surface area contributed by atoms with Gasteiger partial charge in [0.1, 0.15) is 0 Å². The van der Waals surface area contributed by atoms with Gasteiger partial charge in [0.15, 0.2) is 5.96 Å². The van der Waals surface area contributed by atoms with Crippen LogP contribution in [0.4, 0.5) is 5.69 Å². The van der Waals surface area contributed by atoms with Crippen molar-refractivity contribution in [1.29, 1.82) is 0 Å². The maximum absolute atomic E-state index is 4.30. The van der Waals surface area contributed by atoms with Crippen LogP contribution in [0.25, 0.3) is 0 Å². The van der Waals surface area contributed by atoms with Crippen LogP contribution in [0.5, 0.6) is 0 Å². The zero-order chi connectivity index (χ0) is 17.4. The Morgan fingerprint density at radius 1 is 1.17 bits per heavy atom. The van der Waals surface area contributed by atoms with E-state index in [2.05, 4.69) is 82.6 Å². The van der Waals surface area contributed by atoms with Crippen molar-refractivity contribution in [2.24, 2.45) is 4.99 Å². The summed E-state index contributed by atoms with van der Waals surface area (Å²) in [5.41, 5.74) is 3.94. The van der Waals surface area contributed by atoms with Gasteiger partial charge in [-0.1, -0.05) is 19.1 Å². The van der Waals surface area contributed by atoms with Gasteiger partial charge in [0, 0.05) is 39.9 Å². The average Bonchev–Trinajstić information content (AvgIpc) is 3.12. The molecule has 0 saturated carbocycles. The first-order chi connectivity index (χ1) is 11.6. The van der Waals surface area contributed by atoms with E-state index in [1.54, 1.807) is 11.3 Å². The molecule has 0 aliphatic heterocycles. The maximum Gasteiger partial charge on any atom is 0.191 e. The van der Waals surface area contributed by atoms with Crippen molar-refractivity contribution in [2.45, 2.75) is 19.3 Å². The van der Waals surface area contributed by atoms with Crippen LogP contribution >= 0.6 is 11.3 Å². The molecule has 24 heavy (non-hydrogen) atoms. The molecule has 0 amide bonds. The highest BCUT2D eigenvalue weighted by Crippen LogP contribution is 2.17. The van der Waals surface area contributed by atoms with Crippen LogP contribution < -0.4 is 15.5 Å². The normalized spacial score (nSPS) is 12.8. The van der Waals surface area contributed by atoms with E-state index in [4.69, 9.17) is 0 Å². The summed E-state index contributed by atoms with van der Waals surface area (Å²) in [5.74, 6) is 1.34.